The third-order valence-electron chi connectivity index (χ3n) is 3.11. The van der Waals surface area contributed by atoms with E-state index in [1.165, 1.54) is 0 Å². The Labute approximate surface area is 121 Å². The minimum atomic E-state index is -0.233. The number of nitrogens with zero attached hydrogens (tertiary/aromatic N) is 2. The zero-order chi connectivity index (χ0) is 14.0. The maximum atomic E-state index is 14.3. The van der Waals surface area contributed by atoms with Crippen molar-refractivity contribution in [3.05, 3.63) is 51.5 Å². The summed E-state index contributed by atoms with van der Waals surface area (Å²) in [6.07, 6.45) is 0. The van der Waals surface area contributed by atoms with Crippen LogP contribution in [0.5, 0.6) is 0 Å². The third kappa shape index (κ3) is 2.72. The number of rotatable bonds is 4. The van der Waals surface area contributed by atoms with Gasteiger partial charge in [0.15, 0.2) is 0 Å². The van der Waals surface area contributed by atoms with Crippen molar-refractivity contribution in [1.29, 1.82) is 0 Å². The lowest BCUT2D eigenvalue weighted by Gasteiger charge is -2.19. The molecular formula is C14H17BrFN3. The largest absolute Gasteiger partial charge is 0.308 e. The fourth-order valence-corrected chi connectivity index (χ4v) is 2.64. The van der Waals surface area contributed by atoms with Crippen LogP contribution >= 0.6 is 15.9 Å². The van der Waals surface area contributed by atoms with E-state index in [2.05, 4.69) is 26.3 Å². The number of benzene rings is 1. The van der Waals surface area contributed by atoms with E-state index in [0.29, 0.717) is 10.0 Å². The quantitative estimate of drug-likeness (QED) is 0.933. The first-order chi connectivity index (χ1) is 9.08. The molecule has 0 aliphatic rings. The molecule has 19 heavy (non-hydrogen) atoms. The average Bonchev–Trinajstić information content (AvgIpc) is 2.76. The fourth-order valence-electron chi connectivity index (χ4n) is 2.26. The Bertz CT molecular complexity index is 580. The number of nitrogens with one attached hydrogen (secondary N) is 1. The highest BCUT2D eigenvalue weighted by Gasteiger charge is 2.21. The molecule has 0 aliphatic carbocycles. The van der Waals surface area contributed by atoms with Crippen LogP contribution in [0.2, 0.25) is 0 Å². The molecule has 0 aliphatic heterocycles. The van der Waals surface area contributed by atoms with E-state index in [4.69, 9.17) is 0 Å². The maximum Gasteiger partial charge on any atom is 0.142 e. The predicted octanol–water partition coefficient (Wildman–Crippen LogP) is 3.42. The maximum absolute atomic E-state index is 14.3. The number of aryl methyl sites for hydroxylation is 2. The van der Waals surface area contributed by atoms with Gasteiger partial charge in [-0.15, -0.1) is 0 Å². The molecule has 1 aromatic carbocycles. The van der Waals surface area contributed by atoms with Gasteiger partial charge in [0.05, 0.1) is 21.9 Å². The molecule has 5 heteroatoms. The number of aromatic nitrogens is 2. The lowest BCUT2D eigenvalue weighted by Crippen LogP contribution is -2.22. The van der Waals surface area contributed by atoms with E-state index in [1.807, 2.05) is 37.7 Å². The standard InChI is InChI=1S/C14H17BrFN3/c1-4-19-12(8-9(2)18-19)14(17-3)10-6-5-7-11(15)13(10)16/h5-8,14,17H,4H2,1-3H3. The highest BCUT2D eigenvalue weighted by atomic mass is 79.9. The summed E-state index contributed by atoms with van der Waals surface area (Å²) < 4.78 is 16.6. The van der Waals surface area contributed by atoms with Crippen LogP contribution in [0.15, 0.2) is 28.7 Å². The Hall–Kier alpha value is -1.20. The lowest BCUT2D eigenvalue weighted by molar-refractivity contribution is 0.530. The summed E-state index contributed by atoms with van der Waals surface area (Å²) in [5, 5.41) is 7.59. The fraction of sp³-hybridized carbons (Fsp3) is 0.357. The van der Waals surface area contributed by atoms with Crippen LogP contribution < -0.4 is 5.32 Å². The van der Waals surface area contributed by atoms with Gasteiger partial charge in [-0.05, 0) is 49.0 Å². The molecule has 1 atom stereocenters. The van der Waals surface area contributed by atoms with Gasteiger partial charge < -0.3 is 5.32 Å². The Morgan fingerprint density at radius 3 is 2.84 bits per heavy atom. The average molecular weight is 326 g/mol. The number of halogens is 2. The van der Waals surface area contributed by atoms with Gasteiger partial charge in [0.25, 0.3) is 0 Å². The van der Waals surface area contributed by atoms with Crippen molar-refractivity contribution >= 4 is 15.9 Å². The monoisotopic (exact) mass is 325 g/mol. The van der Waals surface area contributed by atoms with Crippen LogP contribution in [0.1, 0.15) is 29.9 Å². The molecule has 0 saturated carbocycles. The van der Waals surface area contributed by atoms with Crippen molar-refractivity contribution in [1.82, 2.24) is 15.1 Å². The summed E-state index contributed by atoms with van der Waals surface area (Å²) in [5.41, 5.74) is 2.53. The first-order valence-electron chi connectivity index (χ1n) is 6.24. The molecule has 0 bridgehead atoms. The minimum absolute atomic E-state index is 0.210. The van der Waals surface area contributed by atoms with Crippen molar-refractivity contribution in [2.45, 2.75) is 26.4 Å². The predicted molar refractivity (Wildman–Crippen MR) is 77.6 cm³/mol. The highest BCUT2D eigenvalue weighted by Crippen LogP contribution is 2.28. The molecule has 0 radical (unpaired) electrons. The first kappa shape index (κ1) is 14.2. The molecule has 1 aromatic heterocycles. The zero-order valence-electron chi connectivity index (χ0n) is 11.2. The molecule has 0 spiro atoms. The van der Waals surface area contributed by atoms with Crippen LogP contribution in [0, 0.1) is 12.7 Å². The van der Waals surface area contributed by atoms with E-state index >= 15 is 0 Å². The summed E-state index contributed by atoms with van der Waals surface area (Å²) in [4.78, 5) is 0. The van der Waals surface area contributed by atoms with Gasteiger partial charge in [0.1, 0.15) is 5.82 Å². The van der Waals surface area contributed by atoms with Crippen LogP contribution in [0.3, 0.4) is 0 Å². The normalized spacial score (nSPS) is 12.7. The summed E-state index contributed by atoms with van der Waals surface area (Å²) >= 11 is 3.23. The second-order valence-electron chi connectivity index (χ2n) is 4.39. The third-order valence-corrected chi connectivity index (χ3v) is 3.72. The minimum Gasteiger partial charge on any atom is -0.308 e. The van der Waals surface area contributed by atoms with E-state index in [1.54, 1.807) is 12.1 Å². The Balaban J connectivity index is 2.53. The SMILES string of the molecule is CCn1nc(C)cc1C(NC)c1cccc(Br)c1F. The molecule has 1 heterocycles. The number of hydrogen-bond donors (Lipinski definition) is 1. The summed E-state index contributed by atoms with van der Waals surface area (Å²) in [7, 11) is 1.83. The topological polar surface area (TPSA) is 29.9 Å². The van der Waals surface area contributed by atoms with Gasteiger partial charge >= 0.3 is 0 Å². The van der Waals surface area contributed by atoms with Gasteiger partial charge in [-0.25, -0.2) is 4.39 Å². The van der Waals surface area contributed by atoms with Crippen LogP contribution in [-0.4, -0.2) is 16.8 Å². The van der Waals surface area contributed by atoms with Crippen LogP contribution in [-0.2, 0) is 6.54 Å². The second-order valence-corrected chi connectivity index (χ2v) is 5.25. The van der Waals surface area contributed by atoms with Gasteiger partial charge in [0, 0.05) is 12.1 Å². The van der Waals surface area contributed by atoms with Crippen molar-refractivity contribution < 1.29 is 4.39 Å². The van der Waals surface area contributed by atoms with Crippen LogP contribution in [0.25, 0.3) is 0 Å². The Morgan fingerprint density at radius 1 is 1.47 bits per heavy atom. The van der Waals surface area contributed by atoms with E-state index in [-0.39, 0.29) is 11.9 Å². The molecular weight excluding hydrogens is 309 g/mol. The molecule has 0 fully saturated rings. The highest BCUT2D eigenvalue weighted by molar-refractivity contribution is 9.10. The molecule has 1 N–H and O–H groups in total. The second kappa shape index (κ2) is 5.84. The summed E-state index contributed by atoms with van der Waals surface area (Å²) in [6, 6.07) is 7.12. The number of hydrogen-bond acceptors (Lipinski definition) is 2. The Kier molecular flexibility index (Phi) is 4.37. The Morgan fingerprint density at radius 2 is 2.21 bits per heavy atom. The molecule has 0 amide bonds. The molecule has 0 saturated heterocycles. The van der Waals surface area contributed by atoms with Crippen LogP contribution in [0.4, 0.5) is 4.39 Å². The van der Waals surface area contributed by atoms with Crippen molar-refractivity contribution in [3.8, 4) is 0 Å². The molecule has 3 nitrogen and oxygen atoms in total. The molecule has 1 unspecified atom stereocenters. The van der Waals surface area contributed by atoms with E-state index in [9.17, 15) is 4.39 Å². The molecule has 2 aromatic rings. The van der Waals surface area contributed by atoms with Gasteiger partial charge in [-0.1, -0.05) is 12.1 Å². The molecule has 102 valence electrons. The summed E-state index contributed by atoms with van der Waals surface area (Å²) in [6.45, 7) is 4.73. The lowest BCUT2D eigenvalue weighted by atomic mass is 10.0. The molecule has 2 rings (SSSR count). The first-order valence-corrected chi connectivity index (χ1v) is 7.03. The van der Waals surface area contributed by atoms with E-state index in [0.717, 1.165) is 17.9 Å². The van der Waals surface area contributed by atoms with Gasteiger partial charge in [0.2, 0.25) is 0 Å². The van der Waals surface area contributed by atoms with Crippen molar-refractivity contribution in [3.63, 3.8) is 0 Å². The zero-order valence-corrected chi connectivity index (χ0v) is 12.8. The van der Waals surface area contributed by atoms with Crippen molar-refractivity contribution in [2.75, 3.05) is 7.05 Å². The van der Waals surface area contributed by atoms with Crippen molar-refractivity contribution in [2.24, 2.45) is 0 Å². The summed E-state index contributed by atoms with van der Waals surface area (Å²) in [5.74, 6) is -0.233. The van der Waals surface area contributed by atoms with E-state index < -0.39 is 0 Å². The van der Waals surface area contributed by atoms with Gasteiger partial charge in [-0.3, -0.25) is 4.68 Å². The smallest absolute Gasteiger partial charge is 0.142 e. The van der Waals surface area contributed by atoms with Gasteiger partial charge in [-0.2, -0.15) is 5.10 Å².